The topological polar surface area (TPSA) is 87.2 Å². The number of carboxylic acid groups (broad SMARTS) is 1. The number of ether oxygens (including phenoxy) is 1. The van der Waals surface area contributed by atoms with Gasteiger partial charge in [-0.25, -0.2) is 4.79 Å². The van der Waals surface area contributed by atoms with Crippen LogP contribution in [-0.2, 0) is 19.1 Å². The molecule has 0 aliphatic carbocycles. The molecular weight excluding hydrogens is 336 g/mol. The highest BCUT2D eigenvalue weighted by atomic mass is 16.5. The number of piperidine rings is 1. The second kappa shape index (κ2) is 7.86. The minimum atomic E-state index is -1.08. The van der Waals surface area contributed by atoms with Crippen LogP contribution >= 0.6 is 0 Å². The Balaban J connectivity index is 1.89. The zero-order chi connectivity index (χ0) is 18.7. The van der Waals surface area contributed by atoms with Crippen LogP contribution in [0.1, 0.15) is 37.8 Å². The summed E-state index contributed by atoms with van der Waals surface area (Å²) in [5.74, 6) is -1.36. The number of hydrogen-bond acceptors (Lipinski definition) is 4. The second-order valence-electron chi connectivity index (χ2n) is 6.87. The van der Waals surface area contributed by atoms with Crippen LogP contribution in [-0.4, -0.2) is 64.5 Å². The molecule has 3 atom stereocenters. The lowest BCUT2D eigenvalue weighted by Crippen LogP contribution is -2.55. The van der Waals surface area contributed by atoms with Crippen molar-refractivity contribution in [2.75, 3.05) is 19.6 Å². The number of rotatable bonds is 4. The van der Waals surface area contributed by atoms with E-state index in [1.807, 2.05) is 30.3 Å². The van der Waals surface area contributed by atoms with E-state index >= 15 is 0 Å². The van der Waals surface area contributed by atoms with Crippen molar-refractivity contribution < 1.29 is 24.2 Å². The van der Waals surface area contributed by atoms with Crippen LogP contribution in [0.4, 0.5) is 0 Å². The van der Waals surface area contributed by atoms with Crippen molar-refractivity contribution in [3.05, 3.63) is 35.9 Å². The van der Waals surface area contributed by atoms with Gasteiger partial charge in [-0.15, -0.1) is 0 Å². The second-order valence-corrected chi connectivity index (χ2v) is 6.87. The molecule has 26 heavy (non-hydrogen) atoms. The summed E-state index contributed by atoms with van der Waals surface area (Å²) in [4.78, 5) is 40.3. The lowest BCUT2D eigenvalue weighted by atomic mass is 9.99. The molecule has 1 N–H and O–H groups in total. The van der Waals surface area contributed by atoms with Crippen LogP contribution in [0.3, 0.4) is 0 Å². The number of aliphatic carboxylic acids is 1. The van der Waals surface area contributed by atoms with Gasteiger partial charge in [0.1, 0.15) is 6.04 Å². The summed E-state index contributed by atoms with van der Waals surface area (Å²) in [6, 6.07) is 8.49. The third-order valence-corrected chi connectivity index (χ3v) is 4.87. The van der Waals surface area contributed by atoms with Gasteiger partial charge in [-0.2, -0.15) is 0 Å². The van der Waals surface area contributed by atoms with E-state index < -0.39 is 18.1 Å². The quantitative estimate of drug-likeness (QED) is 0.878. The monoisotopic (exact) mass is 360 g/mol. The van der Waals surface area contributed by atoms with E-state index in [1.54, 1.807) is 11.8 Å². The number of likely N-dealkylation sites (tertiary alicyclic amines) is 1. The fraction of sp³-hybridized carbons (Fsp3) is 0.526. The van der Waals surface area contributed by atoms with Crippen molar-refractivity contribution >= 4 is 17.8 Å². The fourth-order valence-corrected chi connectivity index (χ4v) is 3.63. The summed E-state index contributed by atoms with van der Waals surface area (Å²) < 4.78 is 5.41. The summed E-state index contributed by atoms with van der Waals surface area (Å²) in [6.45, 7) is 2.59. The first-order valence-electron chi connectivity index (χ1n) is 8.99. The van der Waals surface area contributed by atoms with Gasteiger partial charge in [-0.3, -0.25) is 9.59 Å². The zero-order valence-corrected chi connectivity index (χ0v) is 14.8. The number of carbonyl (C=O) groups is 3. The van der Waals surface area contributed by atoms with Crippen LogP contribution in [0.25, 0.3) is 0 Å². The highest BCUT2D eigenvalue weighted by Crippen LogP contribution is 2.28. The average Bonchev–Trinajstić information content (AvgIpc) is 2.64. The molecule has 0 aromatic heterocycles. The lowest BCUT2D eigenvalue weighted by Gasteiger charge is -2.40. The third kappa shape index (κ3) is 3.88. The maximum absolute atomic E-state index is 13.3. The molecule has 2 aliphatic heterocycles. The third-order valence-electron chi connectivity index (χ3n) is 4.87. The van der Waals surface area contributed by atoms with Gasteiger partial charge >= 0.3 is 5.97 Å². The Morgan fingerprint density at radius 1 is 1.19 bits per heavy atom. The van der Waals surface area contributed by atoms with Gasteiger partial charge in [0.05, 0.1) is 12.6 Å². The maximum Gasteiger partial charge on any atom is 0.334 e. The molecule has 7 nitrogen and oxygen atoms in total. The van der Waals surface area contributed by atoms with E-state index in [1.165, 1.54) is 4.90 Å². The molecule has 1 aromatic carbocycles. The van der Waals surface area contributed by atoms with Crippen molar-refractivity contribution in [3.8, 4) is 0 Å². The van der Waals surface area contributed by atoms with Crippen LogP contribution in [0.15, 0.2) is 30.3 Å². The Hall–Kier alpha value is -2.41. The predicted molar refractivity (Wildman–Crippen MR) is 93.3 cm³/mol. The Labute approximate surface area is 152 Å². The number of carboxylic acids is 1. The summed E-state index contributed by atoms with van der Waals surface area (Å²) >= 11 is 0. The predicted octanol–water partition coefficient (Wildman–Crippen LogP) is 1.44. The van der Waals surface area contributed by atoms with Gasteiger partial charge in [0.25, 0.3) is 0 Å². The Kier molecular flexibility index (Phi) is 5.56. The summed E-state index contributed by atoms with van der Waals surface area (Å²) in [5, 5.41) is 9.27. The van der Waals surface area contributed by atoms with Gasteiger partial charge in [-0.05, 0) is 25.3 Å². The van der Waals surface area contributed by atoms with Gasteiger partial charge in [0, 0.05) is 19.5 Å². The molecule has 2 amide bonds. The van der Waals surface area contributed by atoms with Crippen LogP contribution in [0.2, 0.25) is 0 Å². The normalized spacial score (nSPS) is 25.0. The minimum absolute atomic E-state index is 0.0100. The van der Waals surface area contributed by atoms with Crippen LogP contribution in [0.5, 0.6) is 0 Å². The van der Waals surface area contributed by atoms with E-state index in [0.29, 0.717) is 19.5 Å². The first-order chi connectivity index (χ1) is 12.5. The molecule has 0 saturated carbocycles. The summed E-state index contributed by atoms with van der Waals surface area (Å²) in [6.07, 6.45) is 0.715. The number of morpholine rings is 1. The zero-order valence-electron chi connectivity index (χ0n) is 14.8. The average molecular weight is 360 g/mol. The molecule has 2 aliphatic rings. The van der Waals surface area contributed by atoms with Gasteiger partial charge in [0.2, 0.25) is 11.8 Å². The largest absolute Gasteiger partial charge is 0.479 e. The van der Waals surface area contributed by atoms with E-state index in [2.05, 4.69) is 0 Å². The Morgan fingerprint density at radius 3 is 2.58 bits per heavy atom. The molecule has 2 unspecified atom stereocenters. The van der Waals surface area contributed by atoms with Crippen molar-refractivity contribution in [1.82, 2.24) is 9.80 Å². The van der Waals surface area contributed by atoms with Gasteiger partial charge in [0.15, 0.2) is 6.10 Å². The first kappa shape index (κ1) is 18.4. The van der Waals surface area contributed by atoms with Crippen LogP contribution in [0, 0.1) is 0 Å². The minimum Gasteiger partial charge on any atom is -0.479 e. The Bertz CT molecular complexity index is 678. The molecule has 2 heterocycles. The number of amides is 2. The van der Waals surface area contributed by atoms with Gasteiger partial charge in [-0.1, -0.05) is 30.3 Å². The van der Waals surface area contributed by atoms with E-state index in [9.17, 15) is 19.5 Å². The number of benzene rings is 1. The SMILES string of the molecule is C[C@@H]1CN(C(=O)C(c2ccccc2)N2CCCCC2=O)CC(C(=O)O)O1. The lowest BCUT2D eigenvalue weighted by molar-refractivity contribution is -0.169. The molecular formula is C19H24N2O5. The molecule has 1 aromatic rings. The number of hydrogen-bond donors (Lipinski definition) is 1. The first-order valence-corrected chi connectivity index (χ1v) is 8.99. The van der Waals surface area contributed by atoms with Gasteiger partial charge < -0.3 is 19.6 Å². The molecule has 0 spiro atoms. The van der Waals surface area contributed by atoms with E-state index in [-0.39, 0.29) is 24.5 Å². The maximum atomic E-state index is 13.3. The highest BCUT2D eigenvalue weighted by Gasteiger charge is 2.39. The molecule has 2 saturated heterocycles. The molecule has 2 fully saturated rings. The molecule has 0 radical (unpaired) electrons. The smallest absolute Gasteiger partial charge is 0.334 e. The van der Waals surface area contributed by atoms with Crippen LogP contribution < -0.4 is 0 Å². The highest BCUT2D eigenvalue weighted by molar-refractivity contribution is 5.89. The number of nitrogens with zero attached hydrogens (tertiary/aromatic N) is 2. The molecule has 7 heteroatoms. The van der Waals surface area contributed by atoms with Crippen molar-refractivity contribution in [1.29, 1.82) is 0 Å². The fourth-order valence-electron chi connectivity index (χ4n) is 3.63. The van der Waals surface area contributed by atoms with Crippen molar-refractivity contribution in [2.24, 2.45) is 0 Å². The van der Waals surface area contributed by atoms with E-state index in [0.717, 1.165) is 18.4 Å². The standard InChI is InChI=1S/C19H24N2O5/c1-13-11-20(12-15(26-13)19(24)25)18(23)17(14-7-3-2-4-8-14)21-10-6-5-9-16(21)22/h2-4,7-8,13,15,17H,5-6,9-12H2,1H3,(H,24,25)/t13-,15?,17?/m1/s1. The Morgan fingerprint density at radius 2 is 1.92 bits per heavy atom. The summed E-state index contributed by atoms with van der Waals surface area (Å²) in [5.41, 5.74) is 0.749. The number of carbonyl (C=O) groups excluding carboxylic acids is 2. The molecule has 3 rings (SSSR count). The molecule has 140 valence electrons. The van der Waals surface area contributed by atoms with E-state index in [4.69, 9.17) is 4.74 Å². The summed E-state index contributed by atoms with van der Waals surface area (Å²) in [7, 11) is 0. The molecule has 0 bridgehead atoms. The van der Waals surface area contributed by atoms with Crippen molar-refractivity contribution in [2.45, 2.75) is 44.4 Å². The van der Waals surface area contributed by atoms with Crippen molar-refractivity contribution in [3.63, 3.8) is 0 Å².